The van der Waals surface area contributed by atoms with Gasteiger partial charge in [-0.05, 0) is 42.8 Å². The Hall–Kier alpha value is -1.87. The Labute approximate surface area is 119 Å². The van der Waals surface area contributed by atoms with Crippen LogP contribution in [0.25, 0.3) is 15.9 Å². The zero-order valence-corrected chi connectivity index (χ0v) is 12.4. The van der Waals surface area contributed by atoms with Crippen LogP contribution >= 0.6 is 15.9 Å². The van der Waals surface area contributed by atoms with Gasteiger partial charge in [0.05, 0.1) is 6.57 Å². The second-order valence-electron chi connectivity index (χ2n) is 5.00. The summed E-state index contributed by atoms with van der Waals surface area (Å²) in [5, 5.41) is 0.621. The largest absolute Gasteiger partial charge is 0.443 e. The first-order valence-corrected chi connectivity index (χ1v) is 6.38. The molecule has 0 N–H and O–H groups in total. The first-order valence-electron chi connectivity index (χ1n) is 5.59. The maximum absolute atomic E-state index is 12.1. The Bertz CT molecular complexity index is 692. The van der Waals surface area contributed by atoms with Crippen LogP contribution in [0.2, 0.25) is 0 Å². The fraction of sp³-hybridized carbons (Fsp3) is 0.308. The molecule has 19 heavy (non-hydrogen) atoms. The van der Waals surface area contributed by atoms with Crippen molar-refractivity contribution < 1.29 is 9.53 Å². The zero-order chi connectivity index (χ0) is 14.2. The number of carbonyl (C=O) groups is 1. The van der Waals surface area contributed by atoms with Crippen molar-refractivity contribution >= 4 is 38.7 Å². The highest BCUT2D eigenvalue weighted by molar-refractivity contribution is 9.10. The Kier molecular flexibility index (Phi) is 3.33. The summed E-state index contributed by atoms with van der Waals surface area (Å²) in [4.78, 5) is 19.6. The molecular formula is C13H12BrN3O2. The van der Waals surface area contributed by atoms with Crippen molar-refractivity contribution in [1.29, 1.82) is 0 Å². The Morgan fingerprint density at radius 3 is 2.79 bits per heavy atom. The van der Waals surface area contributed by atoms with Gasteiger partial charge in [0, 0.05) is 22.3 Å². The predicted octanol–water partition coefficient (Wildman–Crippen LogP) is 4.13. The molecule has 0 spiro atoms. The highest BCUT2D eigenvalue weighted by Gasteiger charge is 2.21. The van der Waals surface area contributed by atoms with Gasteiger partial charge in [0.1, 0.15) is 11.2 Å². The van der Waals surface area contributed by atoms with Gasteiger partial charge in [0.2, 0.25) is 5.69 Å². The van der Waals surface area contributed by atoms with E-state index >= 15 is 0 Å². The maximum atomic E-state index is 12.1. The first kappa shape index (κ1) is 13.6. The number of halogens is 1. The van der Waals surface area contributed by atoms with Gasteiger partial charge in [-0.1, -0.05) is 0 Å². The van der Waals surface area contributed by atoms with Crippen molar-refractivity contribution in [2.45, 2.75) is 26.4 Å². The monoisotopic (exact) mass is 321 g/mol. The van der Waals surface area contributed by atoms with Crippen LogP contribution < -0.4 is 0 Å². The highest BCUT2D eigenvalue weighted by Crippen LogP contribution is 2.29. The fourth-order valence-electron chi connectivity index (χ4n) is 1.60. The highest BCUT2D eigenvalue weighted by atomic mass is 79.9. The van der Waals surface area contributed by atoms with E-state index < -0.39 is 11.7 Å². The summed E-state index contributed by atoms with van der Waals surface area (Å²) >= 11 is 3.30. The molecule has 2 rings (SSSR count). The lowest BCUT2D eigenvalue weighted by molar-refractivity contribution is 0.0544. The lowest BCUT2D eigenvalue weighted by atomic mass is 10.2. The van der Waals surface area contributed by atoms with Crippen LogP contribution in [0, 0.1) is 6.57 Å². The molecule has 6 heteroatoms. The summed E-state index contributed by atoms with van der Waals surface area (Å²) in [5.74, 6) is 0. The van der Waals surface area contributed by atoms with E-state index in [1.54, 1.807) is 33.0 Å². The molecule has 0 atom stereocenters. The molecule has 0 saturated heterocycles. The molecular weight excluding hydrogens is 310 g/mol. The number of nitrogens with zero attached hydrogens (tertiary/aromatic N) is 3. The van der Waals surface area contributed by atoms with Crippen molar-refractivity contribution in [3.63, 3.8) is 0 Å². The minimum Gasteiger partial charge on any atom is -0.443 e. The third kappa shape index (κ3) is 2.76. The number of pyridine rings is 1. The molecule has 2 aromatic rings. The van der Waals surface area contributed by atoms with Gasteiger partial charge in [-0.2, -0.15) is 0 Å². The second kappa shape index (κ2) is 4.67. The lowest BCUT2D eigenvalue weighted by Crippen LogP contribution is -2.26. The third-order valence-electron chi connectivity index (χ3n) is 2.30. The summed E-state index contributed by atoms with van der Waals surface area (Å²) in [7, 11) is 0. The molecule has 0 aliphatic heterocycles. The number of carbonyl (C=O) groups excluding carboxylic acids is 1. The summed E-state index contributed by atoms with van der Waals surface area (Å²) in [6.07, 6.45) is 2.49. The minimum atomic E-state index is -0.596. The topological polar surface area (TPSA) is 48.5 Å². The number of ether oxygens (including phenoxy) is 1. The van der Waals surface area contributed by atoms with Gasteiger partial charge >= 0.3 is 6.09 Å². The van der Waals surface area contributed by atoms with Crippen molar-refractivity contribution in [3.8, 4) is 0 Å². The van der Waals surface area contributed by atoms with E-state index in [4.69, 9.17) is 11.3 Å². The van der Waals surface area contributed by atoms with Crippen molar-refractivity contribution in [2.24, 2.45) is 0 Å². The summed E-state index contributed by atoms with van der Waals surface area (Å²) in [6, 6.07) is 1.76. The molecule has 5 nitrogen and oxygen atoms in total. The van der Waals surface area contributed by atoms with E-state index in [0.717, 1.165) is 4.47 Å². The SMILES string of the molecule is [C-]#[N+]c1cn(C(=O)OC(C)(C)C)c2ncc(Br)cc12. The van der Waals surface area contributed by atoms with E-state index in [9.17, 15) is 4.79 Å². The van der Waals surface area contributed by atoms with E-state index in [0.29, 0.717) is 16.7 Å². The summed E-state index contributed by atoms with van der Waals surface area (Å²) < 4.78 is 7.31. The molecule has 2 aromatic heterocycles. The van der Waals surface area contributed by atoms with Gasteiger partial charge in [-0.15, -0.1) is 0 Å². The van der Waals surface area contributed by atoms with Gasteiger partial charge in [0.15, 0.2) is 0 Å². The zero-order valence-electron chi connectivity index (χ0n) is 10.8. The molecule has 0 radical (unpaired) electrons. The van der Waals surface area contributed by atoms with Crippen LogP contribution in [0.3, 0.4) is 0 Å². The molecule has 0 saturated carbocycles. The van der Waals surface area contributed by atoms with Crippen molar-refractivity contribution in [2.75, 3.05) is 0 Å². The molecule has 0 aliphatic rings. The van der Waals surface area contributed by atoms with Gasteiger partial charge in [-0.25, -0.2) is 19.2 Å². The average Bonchev–Trinajstić information content (AvgIpc) is 2.64. The van der Waals surface area contributed by atoms with E-state index in [1.807, 2.05) is 0 Å². The van der Waals surface area contributed by atoms with Crippen LogP contribution in [0.5, 0.6) is 0 Å². The van der Waals surface area contributed by atoms with Crippen LogP contribution in [-0.2, 0) is 4.74 Å². The molecule has 0 fully saturated rings. The molecule has 98 valence electrons. The van der Waals surface area contributed by atoms with Gasteiger partial charge in [0.25, 0.3) is 0 Å². The van der Waals surface area contributed by atoms with Crippen LogP contribution in [-0.4, -0.2) is 21.2 Å². The number of rotatable bonds is 0. The van der Waals surface area contributed by atoms with E-state index in [2.05, 4.69) is 25.8 Å². The van der Waals surface area contributed by atoms with E-state index in [-0.39, 0.29) is 0 Å². The van der Waals surface area contributed by atoms with Crippen LogP contribution in [0.1, 0.15) is 20.8 Å². The third-order valence-corrected chi connectivity index (χ3v) is 2.73. The molecule has 0 aromatic carbocycles. The van der Waals surface area contributed by atoms with Crippen molar-refractivity contribution in [3.05, 3.63) is 34.3 Å². The quantitative estimate of drug-likeness (QED) is 0.685. The maximum Gasteiger partial charge on any atom is 0.418 e. The average molecular weight is 322 g/mol. The van der Waals surface area contributed by atoms with Gasteiger partial charge < -0.3 is 4.74 Å². The van der Waals surface area contributed by atoms with Crippen LogP contribution in [0.4, 0.5) is 10.5 Å². The normalized spacial score (nSPS) is 11.3. The molecule has 0 bridgehead atoms. The standard InChI is InChI=1S/C13H12BrN3O2/c1-13(2,3)19-12(18)17-7-10(15-4)9-5-8(14)6-16-11(9)17/h5-7H,1-3H3. The number of aromatic nitrogens is 2. The molecule has 2 heterocycles. The lowest BCUT2D eigenvalue weighted by Gasteiger charge is -2.19. The summed E-state index contributed by atoms with van der Waals surface area (Å²) in [6.45, 7) is 12.5. The smallest absolute Gasteiger partial charge is 0.418 e. The van der Waals surface area contributed by atoms with E-state index in [1.165, 1.54) is 10.8 Å². The van der Waals surface area contributed by atoms with Crippen molar-refractivity contribution in [1.82, 2.24) is 9.55 Å². The fourth-order valence-corrected chi connectivity index (χ4v) is 1.94. The Morgan fingerprint density at radius 2 is 2.21 bits per heavy atom. The minimum absolute atomic E-state index is 0.370. The Morgan fingerprint density at radius 1 is 1.53 bits per heavy atom. The Balaban J connectivity index is 2.56. The number of hydrogen-bond acceptors (Lipinski definition) is 3. The molecule has 0 aliphatic carbocycles. The van der Waals surface area contributed by atoms with Gasteiger partial charge in [-0.3, -0.25) is 0 Å². The molecule has 0 amide bonds. The second-order valence-corrected chi connectivity index (χ2v) is 5.92. The first-order chi connectivity index (χ1) is 8.81. The van der Waals surface area contributed by atoms with Crippen LogP contribution in [0.15, 0.2) is 22.9 Å². The number of hydrogen-bond donors (Lipinski definition) is 0. The number of fused-ring (bicyclic) bond motifs is 1. The predicted molar refractivity (Wildman–Crippen MR) is 75.3 cm³/mol. The molecule has 0 unspecified atom stereocenters. The summed E-state index contributed by atoms with van der Waals surface area (Å²) in [5.41, 5.74) is 0.194.